The van der Waals surface area contributed by atoms with Gasteiger partial charge >= 0.3 is 0 Å². The Bertz CT molecular complexity index is 383. The molecule has 0 saturated carbocycles. The van der Waals surface area contributed by atoms with Crippen molar-refractivity contribution in [2.75, 3.05) is 0 Å². The first-order valence-electron chi connectivity index (χ1n) is 8.30. The first kappa shape index (κ1) is 20.1. The van der Waals surface area contributed by atoms with E-state index in [-0.39, 0.29) is 4.70 Å². The summed E-state index contributed by atoms with van der Waals surface area (Å²) in [6, 6.07) is 8.87. The van der Waals surface area contributed by atoms with E-state index >= 15 is 0 Å². The van der Waals surface area contributed by atoms with Crippen molar-refractivity contribution in [3.8, 4) is 0 Å². The Kier molecular flexibility index (Phi) is 7.64. The zero-order chi connectivity index (χ0) is 15.4. The summed E-state index contributed by atoms with van der Waals surface area (Å²) in [6.07, 6.45) is 5.41. The van der Waals surface area contributed by atoms with Gasteiger partial charge in [-0.3, -0.25) is 4.70 Å². The van der Waals surface area contributed by atoms with Gasteiger partial charge in [0, 0.05) is 0 Å². The molecule has 0 heterocycles. The Morgan fingerprint density at radius 1 is 0.952 bits per heavy atom. The molecule has 1 aromatic rings. The molecule has 21 heavy (non-hydrogen) atoms. The smallest absolute Gasteiger partial charge is 0.00924 e. The third kappa shape index (κ3) is 5.45. The molecule has 1 heteroatoms. The molecule has 0 bridgehead atoms. The molecular weight excluding hydrogens is 259 g/mol. The van der Waals surface area contributed by atoms with Gasteiger partial charge in [-0.2, -0.15) is 0 Å². The molecule has 122 valence electrons. The summed E-state index contributed by atoms with van der Waals surface area (Å²) in [5, 5.41) is 0. The van der Waals surface area contributed by atoms with E-state index in [1.165, 1.54) is 25.7 Å². The van der Waals surface area contributed by atoms with Crippen molar-refractivity contribution >= 4 is 0 Å². The molecule has 0 saturated heterocycles. The average Bonchev–Trinajstić information content (AvgIpc) is 2.54. The molecule has 1 aromatic carbocycles. The quantitative estimate of drug-likeness (QED) is 0.587. The van der Waals surface area contributed by atoms with Crippen molar-refractivity contribution < 1.29 is 4.70 Å². The number of hydrogen-bond donors (Lipinski definition) is 0. The van der Waals surface area contributed by atoms with Gasteiger partial charge in [0.25, 0.3) is 0 Å². The van der Waals surface area contributed by atoms with Gasteiger partial charge in [0.2, 0.25) is 0 Å². The summed E-state index contributed by atoms with van der Waals surface area (Å²) in [4.78, 5) is 0. The highest BCUT2D eigenvalue weighted by atomic mass is 19.0. The van der Waals surface area contributed by atoms with E-state index < -0.39 is 0 Å². The topological polar surface area (TPSA) is 0 Å². The molecule has 0 aromatic heterocycles. The predicted molar refractivity (Wildman–Crippen MR) is 94.0 cm³/mol. The molecule has 2 rings (SSSR count). The monoisotopic (exact) mass is 294 g/mol. The van der Waals surface area contributed by atoms with Crippen LogP contribution in [0.25, 0.3) is 0 Å². The van der Waals surface area contributed by atoms with E-state index in [1.807, 2.05) is 0 Å². The molecule has 0 amide bonds. The Labute approximate surface area is 131 Å². The molecule has 0 N–H and O–H groups in total. The van der Waals surface area contributed by atoms with Crippen LogP contribution in [0.2, 0.25) is 0 Å². The molecule has 0 aliphatic heterocycles. The van der Waals surface area contributed by atoms with E-state index in [1.54, 1.807) is 11.1 Å². The van der Waals surface area contributed by atoms with Crippen molar-refractivity contribution in [2.24, 2.45) is 5.92 Å². The number of halogens is 1. The number of hydrogen-bond acceptors (Lipinski definition) is 0. The minimum atomic E-state index is 0. The second kappa shape index (κ2) is 7.96. The highest BCUT2D eigenvalue weighted by Gasteiger charge is 2.41. The van der Waals surface area contributed by atoms with E-state index in [4.69, 9.17) is 0 Å². The summed E-state index contributed by atoms with van der Waals surface area (Å²) in [6.45, 7) is 16.2. The largest absolute Gasteiger partial charge is 0.269 e. The molecule has 0 spiro atoms. The normalized spacial score (nSPS) is 17.5. The van der Waals surface area contributed by atoms with Gasteiger partial charge in [0.15, 0.2) is 0 Å². The minimum absolute atomic E-state index is 0. The Morgan fingerprint density at radius 3 is 1.67 bits per heavy atom. The Balaban J connectivity index is 0.000000436. The highest BCUT2D eigenvalue weighted by molar-refractivity contribution is 5.44. The van der Waals surface area contributed by atoms with E-state index in [9.17, 15) is 0 Å². The minimum Gasteiger partial charge on any atom is -0.269 e. The lowest BCUT2D eigenvalue weighted by Crippen LogP contribution is -2.17. The SMILES string of the molecule is CC1(C)CC(C)(C)c2ccccc21.CCCCC(C)C.F. The van der Waals surface area contributed by atoms with Gasteiger partial charge in [-0.15, -0.1) is 0 Å². The number of fused-ring (bicyclic) bond motifs is 1. The molecule has 0 unspecified atom stereocenters. The third-order valence-electron chi connectivity index (χ3n) is 4.40. The number of unbranched alkanes of at least 4 members (excludes halogenated alkanes) is 1. The summed E-state index contributed by atoms with van der Waals surface area (Å²) in [5.41, 5.74) is 3.81. The number of rotatable bonds is 3. The van der Waals surface area contributed by atoms with Crippen LogP contribution < -0.4 is 0 Å². The lowest BCUT2D eigenvalue weighted by molar-refractivity contribution is 0.403. The van der Waals surface area contributed by atoms with Crippen molar-refractivity contribution in [3.63, 3.8) is 0 Å². The van der Waals surface area contributed by atoms with Crippen molar-refractivity contribution in [1.82, 2.24) is 0 Å². The first-order valence-corrected chi connectivity index (χ1v) is 8.30. The van der Waals surface area contributed by atoms with Gasteiger partial charge in [0.05, 0.1) is 0 Å². The van der Waals surface area contributed by atoms with Crippen LogP contribution in [0.4, 0.5) is 4.70 Å². The van der Waals surface area contributed by atoms with E-state index in [0.717, 1.165) is 5.92 Å². The zero-order valence-corrected chi connectivity index (χ0v) is 15.1. The van der Waals surface area contributed by atoms with Gasteiger partial charge in [-0.05, 0) is 34.3 Å². The summed E-state index contributed by atoms with van der Waals surface area (Å²) in [5.74, 6) is 0.903. The van der Waals surface area contributed by atoms with Crippen LogP contribution >= 0.6 is 0 Å². The average molecular weight is 294 g/mol. The van der Waals surface area contributed by atoms with Crippen LogP contribution in [-0.2, 0) is 10.8 Å². The maximum atomic E-state index is 2.35. The lowest BCUT2D eigenvalue weighted by Gasteiger charge is -2.22. The third-order valence-corrected chi connectivity index (χ3v) is 4.40. The van der Waals surface area contributed by atoms with Gasteiger partial charge < -0.3 is 0 Å². The fourth-order valence-electron chi connectivity index (χ4n) is 3.57. The van der Waals surface area contributed by atoms with Gasteiger partial charge in [-0.1, -0.05) is 92.0 Å². The van der Waals surface area contributed by atoms with Crippen LogP contribution in [-0.4, -0.2) is 0 Å². The van der Waals surface area contributed by atoms with E-state index in [0.29, 0.717) is 10.8 Å². The zero-order valence-electron chi connectivity index (χ0n) is 15.1. The fraction of sp³-hybridized carbons (Fsp3) is 0.700. The van der Waals surface area contributed by atoms with Crippen LogP contribution in [0.5, 0.6) is 0 Å². The Morgan fingerprint density at radius 2 is 1.38 bits per heavy atom. The molecular formula is C20H35F. The molecule has 0 radical (unpaired) electrons. The van der Waals surface area contributed by atoms with Crippen LogP contribution in [0.1, 0.15) is 85.3 Å². The predicted octanol–water partition coefficient (Wildman–Crippen LogP) is 6.63. The van der Waals surface area contributed by atoms with Crippen molar-refractivity contribution in [3.05, 3.63) is 35.4 Å². The van der Waals surface area contributed by atoms with Crippen LogP contribution in [0, 0.1) is 5.92 Å². The van der Waals surface area contributed by atoms with Crippen LogP contribution in [0.3, 0.4) is 0 Å². The van der Waals surface area contributed by atoms with Gasteiger partial charge in [-0.25, -0.2) is 0 Å². The fourth-order valence-corrected chi connectivity index (χ4v) is 3.57. The Hall–Kier alpha value is -0.850. The van der Waals surface area contributed by atoms with Crippen LogP contribution in [0.15, 0.2) is 24.3 Å². The van der Waals surface area contributed by atoms with E-state index in [2.05, 4.69) is 72.7 Å². The molecule has 0 fully saturated rings. The number of benzene rings is 1. The summed E-state index contributed by atoms with van der Waals surface area (Å²) >= 11 is 0. The second-order valence-electron chi connectivity index (χ2n) is 8.03. The molecule has 1 aliphatic rings. The maximum Gasteiger partial charge on any atom is -0.00924 e. The second-order valence-corrected chi connectivity index (χ2v) is 8.03. The molecule has 0 atom stereocenters. The van der Waals surface area contributed by atoms with Gasteiger partial charge in [0.1, 0.15) is 0 Å². The lowest BCUT2D eigenvalue weighted by atomic mass is 9.82. The molecule has 0 nitrogen and oxygen atoms in total. The summed E-state index contributed by atoms with van der Waals surface area (Å²) in [7, 11) is 0. The highest BCUT2D eigenvalue weighted by Crippen LogP contribution is 2.48. The first-order chi connectivity index (χ1) is 9.20. The van der Waals surface area contributed by atoms with Crippen molar-refractivity contribution in [2.45, 2.75) is 85.0 Å². The standard InChI is InChI=1S/C13H18.C7H16.FH/c1-12(2)9-13(3,4)11-8-6-5-7-10(11)12;1-4-5-6-7(2)3;/h5-8H,9H2,1-4H3;7H,4-6H2,1-3H3;1H. The summed E-state index contributed by atoms with van der Waals surface area (Å²) < 4.78 is 0. The van der Waals surface area contributed by atoms with Crippen molar-refractivity contribution in [1.29, 1.82) is 0 Å². The maximum absolute atomic E-state index is 2.35. The molecule has 1 aliphatic carbocycles.